The van der Waals surface area contributed by atoms with Gasteiger partial charge in [0.25, 0.3) is 10.2 Å². The molecule has 0 aromatic rings. The molecule has 18 heavy (non-hydrogen) atoms. The van der Waals surface area contributed by atoms with Gasteiger partial charge in [0.05, 0.1) is 6.10 Å². The number of aliphatic hydroxyl groups excluding tert-OH is 1. The number of hydrogen-bond acceptors (Lipinski definition) is 7. The second-order valence-electron chi connectivity index (χ2n) is 5.13. The lowest BCUT2D eigenvalue weighted by atomic mass is 9.73. The van der Waals surface area contributed by atoms with Crippen molar-refractivity contribution in [2.24, 2.45) is 10.8 Å². The highest BCUT2D eigenvalue weighted by molar-refractivity contribution is 4.94. The van der Waals surface area contributed by atoms with E-state index >= 15 is 0 Å². The standard InChI is InChI=1S/C9H17N2O7/c1-8(2,3)7(12)9(4,5-17-10(13)14)6-18-11(15)16/h7,12H,4-6H2,1-3H3. The van der Waals surface area contributed by atoms with Gasteiger partial charge < -0.3 is 14.8 Å². The van der Waals surface area contributed by atoms with E-state index in [1.807, 2.05) is 0 Å². The van der Waals surface area contributed by atoms with E-state index in [0.717, 1.165) is 0 Å². The van der Waals surface area contributed by atoms with Gasteiger partial charge in [-0.15, -0.1) is 20.2 Å². The summed E-state index contributed by atoms with van der Waals surface area (Å²) in [6, 6.07) is 0. The van der Waals surface area contributed by atoms with Crippen molar-refractivity contribution < 1.29 is 25.0 Å². The predicted molar refractivity (Wildman–Crippen MR) is 59.1 cm³/mol. The van der Waals surface area contributed by atoms with Gasteiger partial charge in [0.2, 0.25) is 0 Å². The molecule has 0 aromatic carbocycles. The molecule has 0 aromatic heterocycles. The minimum absolute atomic E-state index is 0.605. The molecule has 0 saturated carbocycles. The third-order valence-corrected chi connectivity index (χ3v) is 2.32. The summed E-state index contributed by atoms with van der Waals surface area (Å²) in [4.78, 5) is 28.6. The van der Waals surface area contributed by atoms with Gasteiger partial charge in [-0.05, 0) is 12.3 Å². The van der Waals surface area contributed by atoms with E-state index in [-0.39, 0.29) is 0 Å². The Balaban J connectivity index is 4.89. The summed E-state index contributed by atoms with van der Waals surface area (Å²) in [5.74, 6) is 0. The molecule has 9 nitrogen and oxygen atoms in total. The van der Waals surface area contributed by atoms with E-state index in [4.69, 9.17) is 0 Å². The summed E-state index contributed by atoms with van der Waals surface area (Å²) in [6.07, 6.45) is -1.19. The molecule has 0 fully saturated rings. The number of hydrogen-bond donors (Lipinski definition) is 1. The van der Waals surface area contributed by atoms with Crippen LogP contribution in [-0.4, -0.2) is 34.6 Å². The van der Waals surface area contributed by atoms with Crippen molar-refractivity contribution in [3.63, 3.8) is 0 Å². The van der Waals surface area contributed by atoms with Crippen LogP contribution in [0.1, 0.15) is 20.8 Å². The van der Waals surface area contributed by atoms with E-state index < -0.39 is 40.3 Å². The highest BCUT2D eigenvalue weighted by Gasteiger charge is 2.42. The number of aliphatic hydroxyl groups is 1. The van der Waals surface area contributed by atoms with Crippen molar-refractivity contribution in [1.29, 1.82) is 0 Å². The Morgan fingerprint density at radius 2 is 1.50 bits per heavy atom. The van der Waals surface area contributed by atoms with Crippen LogP contribution < -0.4 is 0 Å². The van der Waals surface area contributed by atoms with Gasteiger partial charge in [-0.3, -0.25) is 0 Å². The fraction of sp³-hybridized carbons (Fsp3) is 0.889. The van der Waals surface area contributed by atoms with E-state index in [1.165, 1.54) is 0 Å². The van der Waals surface area contributed by atoms with Crippen molar-refractivity contribution in [2.45, 2.75) is 26.9 Å². The topological polar surface area (TPSA) is 125 Å². The maximum atomic E-state index is 10.2. The SMILES string of the molecule is [CH2]C(CO[N+](=O)[O-])(CO[N+](=O)[O-])C(O)C(C)(C)C. The lowest BCUT2D eigenvalue weighted by Crippen LogP contribution is -2.48. The van der Waals surface area contributed by atoms with Gasteiger partial charge >= 0.3 is 0 Å². The van der Waals surface area contributed by atoms with Crippen LogP contribution in [0.4, 0.5) is 0 Å². The molecule has 1 radical (unpaired) electrons. The summed E-state index contributed by atoms with van der Waals surface area (Å²) in [5.41, 5.74) is -2.21. The predicted octanol–water partition coefficient (Wildman–Crippen LogP) is 0.630. The van der Waals surface area contributed by atoms with Gasteiger partial charge in [0.1, 0.15) is 13.2 Å². The van der Waals surface area contributed by atoms with Crippen LogP contribution in [0.3, 0.4) is 0 Å². The molecule has 1 unspecified atom stereocenters. The second-order valence-corrected chi connectivity index (χ2v) is 5.13. The Hall–Kier alpha value is -1.64. The second kappa shape index (κ2) is 5.80. The van der Waals surface area contributed by atoms with Crippen LogP contribution in [-0.2, 0) is 9.68 Å². The van der Waals surface area contributed by atoms with Crippen molar-refractivity contribution in [1.82, 2.24) is 0 Å². The van der Waals surface area contributed by atoms with Crippen molar-refractivity contribution in [3.05, 3.63) is 27.2 Å². The first-order valence-electron chi connectivity index (χ1n) is 5.07. The number of nitrogens with zero attached hydrogens (tertiary/aromatic N) is 2. The quantitative estimate of drug-likeness (QED) is 0.528. The summed E-state index contributed by atoms with van der Waals surface area (Å²) in [6.45, 7) is 7.35. The maximum Gasteiger partial charge on any atom is 0.294 e. The van der Waals surface area contributed by atoms with Crippen molar-refractivity contribution in [2.75, 3.05) is 13.2 Å². The molecular formula is C9H17N2O7. The average molecular weight is 265 g/mol. The molecule has 1 N–H and O–H groups in total. The first-order chi connectivity index (χ1) is 7.99. The summed E-state index contributed by atoms with van der Waals surface area (Å²) in [5, 5.41) is 28.3. The van der Waals surface area contributed by atoms with Crippen molar-refractivity contribution >= 4 is 0 Å². The monoisotopic (exact) mass is 265 g/mol. The molecule has 0 bridgehead atoms. The molecule has 1 atom stereocenters. The summed E-state index contributed by atoms with van der Waals surface area (Å²) >= 11 is 0. The van der Waals surface area contributed by atoms with Crippen LogP contribution in [0.25, 0.3) is 0 Å². The van der Waals surface area contributed by atoms with E-state index in [9.17, 15) is 25.3 Å². The Bertz CT molecular complexity index is 295. The molecule has 0 aliphatic heterocycles. The van der Waals surface area contributed by atoms with Crippen LogP contribution >= 0.6 is 0 Å². The van der Waals surface area contributed by atoms with Gasteiger partial charge in [0.15, 0.2) is 0 Å². The molecular weight excluding hydrogens is 248 g/mol. The first kappa shape index (κ1) is 16.4. The van der Waals surface area contributed by atoms with Gasteiger partial charge in [-0.25, -0.2) is 0 Å². The highest BCUT2D eigenvalue weighted by Crippen LogP contribution is 2.34. The van der Waals surface area contributed by atoms with Gasteiger partial charge in [-0.1, -0.05) is 20.8 Å². The molecule has 0 heterocycles. The highest BCUT2D eigenvalue weighted by atomic mass is 17.0. The zero-order valence-electron chi connectivity index (χ0n) is 10.5. The molecule has 0 spiro atoms. The Kier molecular flexibility index (Phi) is 5.28. The smallest absolute Gasteiger partial charge is 0.294 e. The molecule has 0 amide bonds. The average Bonchev–Trinajstić information content (AvgIpc) is 2.21. The molecule has 105 valence electrons. The lowest BCUT2D eigenvalue weighted by Gasteiger charge is -2.39. The molecule has 0 aliphatic rings. The Morgan fingerprint density at radius 1 is 1.17 bits per heavy atom. The maximum absolute atomic E-state index is 10.2. The van der Waals surface area contributed by atoms with Crippen LogP contribution in [0.2, 0.25) is 0 Å². The van der Waals surface area contributed by atoms with E-state index in [0.29, 0.717) is 0 Å². The fourth-order valence-electron chi connectivity index (χ4n) is 1.48. The molecule has 0 saturated heterocycles. The third kappa shape index (κ3) is 5.13. The first-order valence-corrected chi connectivity index (χ1v) is 5.07. The zero-order chi connectivity index (χ0) is 14.6. The lowest BCUT2D eigenvalue weighted by molar-refractivity contribution is -0.772. The minimum Gasteiger partial charge on any atom is -0.392 e. The van der Waals surface area contributed by atoms with Crippen molar-refractivity contribution in [3.8, 4) is 0 Å². The van der Waals surface area contributed by atoms with Gasteiger partial charge in [0, 0.05) is 5.41 Å². The van der Waals surface area contributed by atoms with E-state index in [1.54, 1.807) is 20.8 Å². The summed E-state index contributed by atoms with van der Waals surface area (Å²) in [7, 11) is 0. The summed E-state index contributed by atoms with van der Waals surface area (Å²) < 4.78 is 0. The molecule has 0 aliphatic carbocycles. The van der Waals surface area contributed by atoms with Crippen LogP contribution in [0, 0.1) is 38.0 Å². The fourth-order valence-corrected chi connectivity index (χ4v) is 1.48. The van der Waals surface area contributed by atoms with E-state index in [2.05, 4.69) is 16.6 Å². The minimum atomic E-state index is -1.52. The number of rotatable bonds is 7. The largest absolute Gasteiger partial charge is 0.392 e. The van der Waals surface area contributed by atoms with Crippen LogP contribution in [0.15, 0.2) is 0 Å². The molecule has 9 heteroatoms. The zero-order valence-corrected chi connectivity index (χ0v) is 10.5. The Morgan fingerprint density at radius 3 is 1.72 bits per heavy atom. The Labute approximate surface area is 104 Å². The van der Waals surface area contributed by atoms with Crippen LogP contribution in [0.5, 0.6) is 0 Å². The molecule has 0 rings (SSSR count). The third-order valence-electron chi connectivity index (χ3n) is 2.32. The normalized spacial score (nSPS) is 13.8. The van der Waals surface area contributed by atoms with Gasteiger partial charge in [-0.2, -0.15) is 0 Å².